The van der Waals surface area contributed by atoms with Gasteiger partial charge >= 0.3 is 5.97 Å². The molecule has 0 rings (SSSR count). The van der Waals surface area contributed by atoms with Crippen LogP contribution < -0.4 is 0 Å². The molecular weight excluding hydrogens is 152 g/mol. The van der Waals surface area contributed by atoms with E-state index >= 15 is 0 Å². The summed E-state index contributed by atoms with van der Waals surface area (Å²) in [6.45, 7) is 7.78. The second-order valence-electron chi connectivity index (χ2n) is 2.55. The van der Waals surface area contributed by atoms with E-state index in [2.05, 4.69) is 6.58 Å². The van der Waals surface area contributed by atoms with Crippen molar-refractivity contribution in [1.29, 1.82) is 0 Å². The van der Waals surface area contributed by atoms with Crippen LogP contribution in [0.3, 0.4) is 0 Å². The van der Waals surface area contributed by atoms with Gasteiger partial charge in [0.15, 0.2) is 0 Å². The van der Waals surface area contributed by atoms with E-state index in [-0.39, 0.29) is 5.97 Å². The van der Waals surface area contributed by atoms with E-state index in [9.17, 15) is 4.79 Å². The van der Waals surface area contributed by atoms with Gasteiger partial charge in [-0.05, 0) is 19.8 Å². The van der Waals surface area contributed by atoms with Crippen LogP contribution in [0.2, 0.25) is 0 Å². The summed E-state index contributed by atoms with van der Waals surface area (Å²) >= 11 is 0. The number of allylic oxidation sites excluding steroid dienone is 2. The van der Waals surface area contributed by atoms with E-state index in [1.165, 1.54) is 0 Å². The molecule has 0 heterocycles. The molecule has 0 aliphatic rings. The van der Waals surface area contributed by atoms with E-state index in [1.54, 1.807) is 13.0 Å². The Bertz CT molecular complexity index is 180. The highest BCUT2D eigenvalue weighted by molar-refractivity contribution is 5.87. The van der Waals surface area contributed by atoms with Crippen LogP contribution >= 0.6 is 0 Å². The minimum Gasteiger partial charge on any atom is -0.462 e. The third kappa shape index (κ3) is 4.72. The van der Waals surface area contributed by atoms with Gasteiger partial charge < -0.3 is 4.74 Å². The minimum absolute atomic E-state index is 0.223. The third-order valence-electron chi connectivity index (χ3n) is 1.35. The molecule has 0 aliphatic carbocycles. The number of ether oxygens (including phenoxy) is 1. The smallest absolute Gasteiger partial charge is 0.333 e. The molecule has 0 aliphatic heterocycles. The highest BCUT2D eigenvalue weighted by Crippen LogP contribution is 1.99. The van der Waals surface area contributed by atoms with Crippen molar-refractivity contribution in [2.45, 2.75) is 26.7 Å². The Hall–Kier alpha value is -1.05. The number of carbonyl (C=O) groups is 1. The molecule has 0 saturated heterocycles. The molecule has 0 amide bonds. The Balaban J connectivity index is 3.83. The fourth-order valence-electron chi connectivity index (χ4n) is 0.652. The van der Waals surface area contributed by atoms with Gasteiger partial charge in [-0.3, -0.25) is 0 Å². The number of esters is 1. The Morgan fingerprint density at radius 2 is 2.25 bits per heavy atom. The normalized spacial score (nSPS) is 11.0. The summed E-state index contributed by atoms with van der Waals surface area (Å²) in [7, 11) is 0. The van der Waals surface area contributed by atoms with E-state index in [0.717, 1.165) is 6.42 Å². The van der Waals surface area contributed by atoms with Crippen molar-refractivity contribution < 1.29 is 9.53 Å². The number of hydrogen-bond acceptors (Lipinski definition) is 2. The largest absolute Gasteiger partial charge is 0.462 e. The summed E-state index contributed by atoms with van der Waals surface area (Å²) in [4.78, 5) is 11.1. The van der Waals surface area contributed by atoms with Crippen LogP contribution in [0.1, 0.15) is 26.7 Å². The van der Waals surface area contributed by atoms with Crippen molar-refractivity contribution in [3.63, 3.8) is 0 Å². The van der Waals surface area contributed by atoms with Crippen molar-refractivity contribution >= 4 is 5.97 Å². The van der Waals surface area contributed by atoms with Crippen LogP contribution in [0.25, 0.3) is 0 Å². The third-order valence-corrected chi connectivity index (χ3v) is 1.35. The average Bonchev–Trinajstić information content (AvgIpc) is 2.10. The van der Waals surface area contributed by atoms with Crippen LogP contribution in [0, 0.1) is 0 Å². The highest BCUT2D eigenvalue weighted by atomic mass is 16.5. The average molecular weight is 168 g/mol. The molecule has 0 fully saturated rings. The maximum Gasteiger partial charge on any atom is 0.333 e. The Morgan fingerprint density at radius 3 is 2.75 bits per heavy atom. The fourth-order valence-corrected chi connectivity index (χ4v) is 0.652. The molecule has 12 heavy (non-hydrogen) atoms. The summed E-state index contributed by atoms with van der Waals surface area (Å²) in [6.07, 6.45) is 5.13. The van der Waals surface area contributed by atoms with Crippen molar-refractivity contribution in [3.05, 3.63) is 24.3 Å². The topological polar surface area (TPSA) is 26.3 Å². The van der Waals surface area contributed by atoms with E-state index < -0.39 is 0 Å². The van der Waals surface area contributed by atoms with E-state index in [1.807, 2.05) is 13.0 Å². The lowest BCUT2D eigenvalue weighted by molar-refractivity contribution is -0.138. The second kappa shape index (κ2) is 6.65. The van der Waals surface area contributed by atoms with Crippen LogP contribution in [0.5, 0.6) is 0 Å². The zero-order chi connectivity index (χ0) is 9.40. The zero-order valence-corrected chi connectivity index (χ0v) is 7.80. The first-order valence-electron chi connectivity index (χ1n) is 4.17. The highest BCUT2D eigenvalue weighted by Gasteiger charge is 2.02. The van der Waals surface area contributed by atoms with Gasteiger partial charge in [-0.2, -0.15) is 0 Å². The lowest BCUT2D eigenvalue weighted by Gasteiger charge is -2.01. The summed E-state index contributed by atoms with van der Waals surface area (Å²) in [5, 5.41) is 0. The molecular formula is C10H16O2. The zero-order valence-electron chi connectivity index (χ0n) is 7.80. The van der Waals surface area contributed by atoms with Gasteiger partial charge in [0.25, 0.3) is 0 Å². The molecule has 0 aromatic carbocycles. The number of carbonyl (C=O) groups excluding carboxylic acids is 1. The van der Waals surface area contributed by atoms with Crippen LogP contribution in [0.4, 0.5) is 0 Å². The van der Waals surface area contributed by atoms with Crippen LogP contribution in [-0.2, 0) is 9.53 Å². The van der Waals surface area contributed by atoms with E-state index in [4.69, 9.17) is 4.74 Å². The lowest BCUT2D eigenvalue weighted by Crippen LogP contribution is -2.06. The first-order chi connectivity index (χ1) is 5.72. The van der Waals surface area contributed by atoms with Gasteiger partial charge in [-0.25, -0.2) is 4.79 Å². The molecule has 0 unspecified atom stereocenters. The SMILES string of the molecule is C=CCC=C(C)C(=O)OCCC. The number of rotatable bonds is 5. The van der Waals surface area contributed by atoms with Gasteiger partial charge in [0.2, 0.25) is 0 Å². The van der Waals surface area contributed by atoms with Crippen molar-refractivity contribution in [1.82, 2.24) is 0 Å². The lowest BCUT2D eigenvalue weighted by atomic mass is 10.2. The minimum atomic E-state index is -0.223. The van der Waals surface area contributed by atoms with Crippen LogP contribution in [-0.4, -0.2) is 12.6 Å². The van der Waals surface area contributed by atoms with Crippen molar-refractivity contribution in [3.8, 4) is 0 Å². The quantitative estimate of drug-likeness (QED) is 0.358. The molecule has 0 radical (unpaired) electrons. The molecule has 0 atom stereocenters. The molecule has 0 aromatic rings. The number of hydrogen-bond donors (Lipinski definition) is 0. The molecule has 2 heteroatoms. The molecule has 0 saturated carbocycles. The summed E-state index contributed by atoms with van der Waals surface area (Å²) in [5.41, 5.74) is 0.656. The van der Waals surface area contributed by atoms with Crippen molar-refractivity contribution in [2.75, 3.05) is 6.61 Å². The molecule has 0 spiro atoms. The summed E-state index contributed by atoms with van der Waals surface area (Å²) in [5.74, 6) is -0.223. The Labute approximate surface area is 73.9 Å². The Kier molecular flexibility index (Phi) is 6.07. The molecule has 68 valence electrons. The van der Waals surface area contributed by atoms with Gasteiger partial charge in [0.05, 0.1) is 6.61 Å². The van der Waals surface area contributed by atoms with Gasteiger partial charge in [-0.15, -0.1) is 6.58 Å². The molecule has 2 nitrogen and oxygen atoms in total. The summed E-state index contributed by atoms with van der Waals surface area (Å²) < 4.78 is 4.91. The van der Waals surface area contributed by atoms with Gasteiger partial charge in [0, 0.05) is 5.57 Å². The fraction of sp³-hybridized carbons (Fsp3) is 0.500. The van der Waals surface area contributed by atoms with Crippen molar-refractivity contribution in [2.24, 2.45) is 0 Å². The first-order valence-corrected chi connectivity index (χ1v) is 4.17. The monoisotopic (exact) mass is 168 g/mol. The first kappa shape index (κ1) is 11.0. The Morgan fingerprint density at radius 1 is 1.58 bits per heavy atom. The molecule has 0 aromatic heterocycles. The summed E-state index contributed by atoms with van der Waals surface area (Å²) in [6, 6.07) is 0. The molecule has 0 bridgehead atoms. The second-order valence-corrected chi connectivity index (χ2v) is 2.55. The molecule has 0 N–H and O–H groups in total. The van der Waals surface area contributed by atoms with Crippen LogP contribution in [0.15, 0.2) is 24.3 Å². The standard InChI is InChI=1S/C10H16O2/c1-4-6-7-9(3)10(11)12-8-5-2/h4,7H,1,5-6,8H2,2-3H3. The maximum absolute atomic E-state index is 11.1. The van der Waals surface area contributed by atoms with E-state index in [0.29, 0.717) is 18.6 Å². The van der Waals surface area contributed by atoms with Gasteiger partial charge in [0.1, 0.15) is 0 Å². The predicted molar refractivity (Wildman–Crippen MR) is 49.8 cm³/mol. The maximum atomic E-state index is 11.1. The predicted octanol–water partition coefficient (Wildman–Crippen LogP) is 2.46. The van der Waals surface area contributed by atoms with Gasteiger partial charge in [-0.1, -0.05) is 19.1 Å².